The van der Waals surface area contributed by atoms with Gasteiger partial charge in [0.1, 0.15) is 18.2 Å². The van der Waals surface area contributed by atoms with E-state index in [-0.39, 0.29) is 11.8 Å². The Balaban J connectivity index is 1.42. The molecular weight excluding hydrogens is 434 g/mol. The van der Waals surface area contributed by atoms with Crippen LogP contribution in [0, 0.1) is 0 Å². The van der Waals surface area contributed by atoms with Gasteiger partial charge in [-0.1, -0.05) is 24.6 Å². The van der Waals surface area contributed by atoms with Gasteiger partial charge in [-0.05, 0) is 42.7 Å². The average molecular weight is 458 g/mol. The predicted molar refractivity (Wildman–Crippen MR) is 123 cm³/mol. The van der Waals surface area contributed by atoms with Crippen LogP contribution in [0.1, 0.15) is 30.2 Å². The number of aryl methyl sites for hydroxylation is 1. The highest BCUT2D eigenvalue weighted by atomic mass is 35.5. The second kappa shape index (κ2) is 9.20. The third kappa shape index (κ3) is 4.65. The summed E-state index contributed by atoms with van der Waals surface area (Å²) >= 11 is 7.46. The summed E-state index contributed by atoms with van der Waals surface area (Å²) in [5.74, 6) is 0.446. The molecule has 3 heterocycles. The molecule has 4 rings (SSSR count). The number of nitrogens with zero attached hydrogens (tertiary/aromatic N) is 4. The first-order chi connectivity index (χ1) is 15.0. The molecule has 0 aliphatic carbocycles. The Kier molecular flexibility index (Phi) is 6.38. The third-order valence-electron chi connectivity index (χ3n) is 5.61. The molecule has 0 saturated carbocycles. The molecule has 1 aliphatic rings. The second-order valence-corrected chi connectivity index (χ2v) is 9.39. The van der Waals surface area contributed by atoms with Gasteiger partial charge >= 0.3 is 0 Å². The number of anilines is 1. The molecule has 3 aromatic rings. The molecule has 1 fully saturated rings. The van der Waals surface area contributed by atoms with Crippen molar-refractivity contribution in [1.82, 2.24) is 19.8 Å². The van der Waals surface area contributed by atoms with Crippen molar-refractivity contribution < 1.29 is 9.59 Å². The quantitative estimate of drug-likeness (QED) is 0.611. The van der Waals surface area contributed by atoms with Crippen molar-refractivity contribution in [3.05, 3.63) is 51.4 Å². The monoisotopic (exact) mass is 457 g/mol. The van der Waals surface area contributed by atoms with E-state index in [9.17, 15) is 9.59 Å². The van der Waals surface area contributed by atoms with Crippen LogP contribution in [-0.2, 0) is 22.6 Å². The van der Waals surface area contributed by atoms with E-state index in [0.717, 1.165) is 25.7 Å². The molecule has 162 valence electrons. The average Bonchev–Trinajstić information content (AvgIpc) is 3.18. The van der Waals surface area contributed by atoms with E-state index in [1.54, 1.807) is 4.90 Å². The number of amides is 2. The summed E-state index contributed by atoms with van der Waals surface area (Å²) in [6.45, 7) is 3.47. The Hall–Kier alpha value is -2.71. The maximum Gasteiger partial charge on any atom is 0.245 e. The number of fused-ring (bicyclic) bond motifs is 1. The van der Waals surface area contributed by atoms with E-state index in [0.29, 0.717) is 44.7 Å². The zero-order chi connectivity index (χ0) is 22.0. The third-order valence-corrected chi connectivity index (χ3v) is 6.90. The molecule has 31 heavy (non-hydrogen) atoms. The van der Waals surface area contributed by atoms with Crippen molar-refractivity contribution in [2.45, 2.75) is 38.8 Å². The van der Waals surface area contributed by atoms with Gasteiger partial charge < -0.3 is 15.5 Å². The lowest BCUT2D eigenvalue weighted by molar-refractivity contribution is -0.152. The molecule has 0 radical (unpaired) electrons. The van der Waals surface area contributed by atoms with Crippen LogP contribution in [0.3, 0.4) is 0 Å². The van der Waals surface area contributed by atoms with Gasteiger partial charge in [0.2, 0.25) is 11.8 Å². The molecule has 1 aliphatic heterocycles. The van der Waals surface area contributed by atoms with E-state index in [4.69, 9.17) is 17.3 Å². The van der Waals surface area contributed by atoms with E-state index in [1.165, 1.54) is 17.7 Å². The first-order valence-corrected chi connectivity index (χ1v) is 11.5. The van der Waals surface area contributed by atoms with Crippen molar-refractivity contribution in [3.8, 4) is 0 Å². The van der Waals surface area contributed by atoms with Crippen LogP contribution in [0.4, 0.5) is 5.82 Å². The zero-order valence-electron chi connectivity index (χ0n) is 17.3. The van der Waals surface area contributed by atoms with E-state index < -0.39 is 6.04 Å². The SMILES string of the molecule is CCC1C(=O)N(Cc2ccc3c(N)ncnc3c2)CCN1C(=O)CCc1ccc(Cl)s1. The number of halogens is 1. The highest BCUT2D eigenvalue weighted by Crippen LogP contribution is 2.24. The van der Waals surface area contributed by atoms with Crippen LogP contribution in [-0.4, -0.2) is 50.7 Å². The fourth-order valence-electron chi connectivity index (χ4n) is 3.99. The fourth-order valence-corrected chi connectivity index (χ4v) is 5.08. The minimum atomic E-state index is -0.424. The Morgan fingerprint density at radius 3 is 2.84 bits per heavy atom. The summed E-state index contributed by atoms with van der Waals surface area (Å²) in [7, 11) is 0. The predicted octanol–water partition coefficient (Wildman–Crippen LogP) is 3.51. The van der Waals surface area contributed by atoms with Crippen LogP contribution in [0.5, 0.6) is 0 Å². The molecule has 1 atom stereocenters. The number of hydrogen-bond acceptors (Lipinski definition) is 6. The maximum atomic E-state index is 13.1. The highest BCUT2D eigenvalue weighted by molar-refractivity contribution is 7.16. The Morgan fingerprint density at radius 2 is 2.10 bits per heavy atom. The molecule has 7 nitrogen and oxygen atoms in total. The lowest BCUT2D eigenvalue weighted by Crippen LogP contribution is -2.58. The zero-order valence-corrected chi connectivity index (χ0v) is 18.8. The minimum Gasteiger partial charge on any atom is -0.383 e. The van der Waals surface area contributed by atoms with Crippen molar-refractivity contribution in [3.63, 3.8) is 0 Å². The number of aromatic nitrogens is 2. The topological polar surface area (TPSA) is 92.4 Å². The summed E-state index contributed by atoms with van der Waals surface area (Å²) < 4.78 is 0.723. The molecule has 1 aromatic carbocycles. The normalized spacial score (nSPS) is 16.8. The largest absolute Gasteiger partial charge is 0.383 e. The van der Waals surface area contributed by atoms with Gasteiger partial charge in [-0.25, -0.2) is 9.97 Å². The number of nitrogen functional groups attached to an aromatic ring is 1. The Labute approximate surface area is 189 Å². The van der Waals surface area contributed by atoms with Crippen LogP contribution >= 0.6 is 22.9 Å². The number of carbonyl (C=O) groups is 2. The number of benzene rings is 1. The summed E-state index contributed by atoms with van der Waals surface area (Å²) in [4.78, 5) is 38.9. The van der Waals surface area contributed by atoms with Crippen molar-refractivity contribution in [2.24, 2.45) is 0 Å². The van der Waals surface area contributed by atoms with Crippen LogP contribution < -0.4 is 5.73 Å². The molecule has 2 N–H and O–H groups in total. The summed E-state index contributed by atoms with van der Waals surface area (Å²) in [6, 6.07) is 9.13. The molecule has 2 aromatic heterocycles. The number of hydrogen-bond donors (Lipinski definition) is 1. The second-order valence-electron chi connectivity index (χ2n) is 7.59. The number of nitrogens with two attached hydrogens (primary N) is 1. The highest BCUT2D eigenvalue weighted by Gasteiger charge is 2.35. The Morgan fingerprint density at radius 1 is 1.26 bits per heavy atom. The molecule has 1 unspecified atom stereocenters. The van der Waals surface area contributed by atoms with Gasteiger partial charge in [0.15, 0.2) is 0 Å². The minimum absolute atomic E-state index is 0.0106. The molecule has 9 heteroatoms. The number of rotatable bonds is 6. The molecule has 1 saturated heterocycles. The first-order valence-electron chi connectivity index (χ1n) is 10.3. The van der Waals surface area contributed by atoms with Gasteiger partial charge in [0, 0.05) is 36.3 Å². The van der Waals surface area contributed by atoms with Gasteiger partial charge in [0.25, 0.3) is 0 Å². The summed E-state index contributed by atoms with van der Waals surface area (Å²) in [5.41, 5.74) is 7.63. The number of carbonyl (C=O) groups excluding carboxylic acids is 2. The van der Waals surface area contributed by atoms with Gasteiger partial charge in [-0.15, -0.1) is 11.3 Å². The summed E-state index contributed by atoms with van der Waals surface area (Å²) in [6.07, 6.45) is 3.05. The van der Waals surface area contributed by atoms with Crippen molar-refractivity contribution in [2.75, 3.05) is 18.8 Å². The first kappa shape index (κ1) is 21.5. The lowest BCUT2D eigenvalue weighted by atomic mass is 10.1. The number of piperazine rings is 1. The fraction of sp³-hybridized carbons (Fsp3) is 0.364. The van der Waals surface area contributed by atoms with Gasteiger partial charge in [-0.2, -0.15) is 0 Å². The van der Waals surface area contributed by atoms with Gasteiger partial charge in [-0.3, -0.25) is 9.59 Å². The molecule has 0 bridgehead atoms. The van der Waals surface area contributed by atoms with Crippen LogP contribution in [0.15, 0.2) is 36.7 Å². The molecular formula is C22H24ClN5O2S. The number of thiophene rings is 1. The van der Waals surface area contributed by atoms with E-state index in [1.807, 2.05) is 42.2 Å². The summed E-state index contributed by atoms with van der Waals surface area (Å²) in [5, 5.41) is 0.798. The smallest absolute Gasteiger partial charge is 0.245 e. The van der Waals surface area contributed by atoms with Crippen molar-refractivity contribution >= 4 is 51.5 Å². The van der Waals surface area contributed by atoms with Crippen LogP contribution in [0.2, 0.25) is 4.34 Å². The lowest BCUT2D eigenvalue weighted by Gasteiger charge is -2.40. The Bertz CT molecular complexity index is 1120. The van der Waals surface area contributed by atoms with E-state index in [2.05, 4.69) is 9.97 Å². The standard InChI is InChI=1S/C22H24ClN5O2S/c1-2-18-22(30)27(12-14-3-6-16-17(11-14)25-13-26-21(16)24)9-10-28(18)20(29)8-5-15-4-7-19(23)31-15/h3-4,6-7,11,13,18H,2,5,8-10,12H2,1H3,(H2,24,25,26). The molecule has 2 amide bonds. The van der Waals surface area contributed by atoms with Crippen LogP contribution in [0.25, 0.3) is 10.9 Å². The van der Waals surface area contributed by atoms with Crippen molar-refractivity contribution in [1.29, 1.82) is 0 Å². The van der Waals surface area contributed by atoms with E-state index >= 15 is 0 Å². The molecule has 0 spiro atoms. The van der Waals surface area contributed by atoms with Gasteiger partial charge in [0.05, 0.1) is 9.85 Å². The maximum absolute atomic E-state index is 13.1.